The predicted molar refractivity (Wildman–Crippen MR) is 63.6 cm³/mol. The van der Waals surface area contributed by atoms with E-state index in [-0.39, 0.29) is 6.04 Å². The van der Waals surface area contributed by atoms with Crippen LogP contribution in [0.2, 0.25) is 0 Å². The molecule has 0 heterocycles. The Morgan fingerprint density at radius 3 is 3.07 bits per heavy atom. The average molecular weight is 199 g/mol. The van der Waals surface area contributed by atoms with Gasteiger partial charge in [0, 0.05) is 6.04 Å². The van der Waals surface area contributed by atoms with Crippen LogP contribution in [0.25, 0.3) is 0 Å². The molecule has 2 atom stereocenters. The summed E-state index contributed by atoms with van der Waals surface area (Å²) >= 11 is 0. The molecule has 0 fully saturated rings. The van der Waals surface area contributed by atoms with Crippen molar-refractivity contribution in [3.05, 3.63) is 35.4 Å². The molecule has 2 rings (SSSR count). The van der Waals surface area contributed by atoms with Crippen molar-refractivity contribution in [1.82, 2.24) is 5.32 Å². The van der Waals surface area contributed by atoms with Gasteiger partial charge in [0.2, 0.25) is 0 Å². The second kappa shape index (κ2) is 4.51. The minimum atomic E-state index is 0.154. The van der Waals surface area contributed by atoms with E-state index in [0.29, 0.717) is 6.04 Å². The van der Waals surface area contributed by atoms with Crippen LogP contribution in [0, 0.1) is 12.3 Å². The van der Waals surface area contributed by atoms with Crippen molar-refractivity contribution in [2.45, 2.75) is 38.3 Å². The summed E-state index contributed by atoms with van der Waals surface area (Å²) in [6.07, 6.45) is 9.06. The number of hydrogen-bond acceptors (Lipinski definition) is 1. The van der Waals surface area contributed by atoms with Gasteiger partial charge in [0.25, 0.3) is 0 Å². The molecule has 1 aromatic carbocycles. The summed E-state index contributed by atoms with van der Waals surface area (Å²) < 4.78 is 0. The highest BCUT2D eigenvalue weighted by atomic mass is 14.9. The SMILES string of the molecule is C#CC(C)NC1CCCc2ccccc21. The van der Waals surface area contributed by atoms with E-state index in [1.807, 2.05) is 6.92 Å². The lowest BCUT2D eigenvalue weighted by molar-refractivity contribution is 0.445. The van der Waals surface area contributed by atoms with E-state index in [1.54, 1.807) is 0 Å². The van der Waals surface area contributed by atoms with Gasteiger partial charge in [-0.25, -0.2) is 0 Å². The summed E-state index contributed by atoms with van der Waals surface area (Å²) in [7, 11) is 0. The summed E-state index contributed by atoms with van der Waals surface area (Å²) in [5.41, 5.74) is 2.91. The summed E-state index contributed by atoms with van der Waals surface area (Å²) in [5.74, 6) is 2.73. The second-order valence-electron chi connectivity index (χ2n) is 4.20. The van der Waals surface area contributed by atoms with Crippen LogP contribution in [0.4, 0.5) is 0 Å². The molecule has 0 amide bonds. The molecule has 0 saturated heterocycles. The molecule has 1 N–H and O–H groups in total. The molecule has 0 saturated carbocycles. The van der Waals surface area contributed by atoms with Gasteiger partial charge >= 0.3 is 0 Å². The van der Waals surface area contributed by atoms with Gasteiger partial charge in [-0.1, -0.05) is 30.2 Å². The van der Waals surface area contributed by atoms with Crippen molar-refractivity contribution < 1.29 is 0 Å². The minimum Gasteiger partial charge on any atom is -0.297 e. The third kappa shape index (κ3) is 2.22. The van der Waals surface area contributed by atoms with Gasteiger partial charge < -0.3 is 0 Å². The largest absolute Gasteiger partial charge is 0.297 e. The zero-order valence-electron chi connectivity index (χ0n) is 9.16. The number of aryl methyl sites for hydroxylation is 1. The maximum absolute atomic E-state index is 5.40. The van der Waals surface area contributed by atoms with Crippen molar-refractivity contribution in [1.29, 1.82) is 0 Å². The van der Waals surface area contributed by atoms with Crippen molar-refractivity contribution in [2.24, 2.45) is 0 Å². The number of hydrogen-bond donors (Lipinski definition) is 1. The van der Waals surface area contributed by atoms with E-state index in [9.17, 15) is 0 Å². The number of terminal acetylenes is 1. The Kier molecular flexibility index (Phi) is 3.08. The highest BCUT2D eigenvalue weighted by Crippen LogP contribution is 2.29. The predicted octanol–water partition coefficient (Wildman–Crippen LogP) is 2.68. The van der Waals surface area contributed by atoms with Crippen molar-refractivity contribution in [3.8, 4) is 12.3 Å². The zero-order chi connectivity index (χ0) is 10.7. The fourth-order valence-electron chi connectivity index (χ4n) is 2.28. The fourth-order valence-corrected chi connectivity index (χ4v) is 2.28. The van der Waals surface area contributed by atoms with E-state index in [1.165, 1.54) is 30.4 Å². The van der Waals surface area contributed by atoms with Crippen LogP contribution in [0.15, 0.2) is 24.3 Å². The van der Waals surface area contributed by atoms with Crippen LogP contribution in [-0.2, 0) is 6.42 Å². The lowest BCUT2D eigenvalue weighted by atomic mass is 9.87. The number of benzene rings is 1. The van der Waals surface area contributed by atoms with Gasteiger partial charge in [0.1, 0.15) is 0 Å². The van der Waals surface area contributed by atoms with Crippen LogP contribution < -0.4 is 5.32 Å². The molecule has 2 unspecified atom stereocenters. The van der Waals surface area contributed by atoms with Crippen LogP contribution in [0.1, 0.15) is 36.9 Å². The quantitative estimate of drug-likeness (QED) is 0.722. The number of nitrogens with one attached hydrogen (secondary N) is 1. The van der Waals surface area contributed by atoms with E-state index < -0.39 is 0 Å². The molecule has 1 aliphatic carbocycles. The molecule has 1 aromatic rings. The Morgan fingerprint density at radius 1 is 1.47 bits per heavy atom. The Balaban J connectivity index is 2.19. The van der Waals surface area contributed by atoms with E-state index in [4.69, 9.17) is 6.42 Å². The Morgan fingerprint density at radius 2 is 2.27 bits per heavy atom. The van der Waals surface area contributed by atoms with Crippen LogP contribution in [0.3, 0.4) is 0 Å². The third-order valence-electron chi connectivity index (χ3n) is 3.07. The maximum atomic E-state index is 5.40. The first-order valence-corrected chi connectivity index (χ1v) is 5.61. The Hall–Kier alpha value is -1.26. The summed E-state index contributed by atoms with van der Waals surface area (Å²) in [6.45, 7) is 2.04. The summed E-state index contributed by atoms with van der Waals surface area (Å²) in [4.78, 5) is 0. The number of fused-ring (bicyclic) bond motifs is 1. The standard InChI is InChI=1S/C14H17N/c1-3-11(2)15-14-10-6-8-12-7-4-5-9-13(12)14/h1,4-5,7,9,11,14-15H,6,8,10H2,2H3. The molecule has 1 heteroatoms. The van der Waals surface area contributed by atoms with Gasteiger partial charge in [-0.15, -0.1) is 6.42 Å². The zero-order valence-corrected chi connectivity index (χ0v) is 9.16. The summed E-state index contributed by atoms with van der Waals surface area (Å²) in [5, 5.41) is 3.49. The van der Waals surface area contributed by atoms with Crippen LogP contribution in [-0.4, -0.2) is 6.04 Å². The topological polar surface area (TPSA) is 12.0 Å². The van der Waals surface area contributed by atoms with Crippen LogP contribution >= 0.6 is 0 Å². The highest BCUT2D eigenvalue weighted by Gasteiger charge is 2.19. The maximum Gasteiger partial charge on any atom is 0.0663 e. The van der Waals surface area contributed by atoms with Crippen molar-refractivity contribution >= 4 is 0 Å². The van der Waals surface area contributed by atoms with Crippen LogP contribution in [0.5, 0.6) is 0 Å². The smallest absolute Gasteiger partial charge is 0.0663 e. The molecule has 0 radical (unpaired) electrons. The monoisotopic (exact) mass is 199 g/mol. The first kappa shape index (κ1) is 10.3. The lowest BCUT2D eigenvalue weighted by Gasteiger charge is -2.27. The molecule has 0 aromatic heterocycles. The first-order chi connectivity index (χ1) is 7.31. The summed E-state index contributed by atoms with van der Waals surface area (Å²) in [6, 6.07) is 9.27. The first-order valence-electron chi connectivity index (χ1n) is 5.61. The minimum absolute atomic E-state index is 0.154. The molecular weight excluding hydrogens is 182 g/mol. The van der Waals surface area contributed by atoms with Gasteiger partial charge in [-0.3, -0.25) is 5.32 Å². The van der Waals surface area contributed by atoms with Gasteiger partial charge in [-0.2, -0.15) is 0 Å². The molecule has 0 aliphatic heterocycles. The lowest BCUT2D eigenvalue weighted by Crippen LogP contribution is -2.31. The van der Waals surface area contributed by atoms with Crippen molar-refractivity contribution in [2.75, 3.05) is 0 Å². The Bertz CT molecular complexity index is 375. The number of rotatable bonds is 2. The fraction of sp³-hybridized carbons (Fsp3) is 0.429. The second-order valence-corrected chi connectivity index (χ2v) is 4.20. The van der Waals surface area contributed by atoms with E-state index in [0.717, 1.165) is 0 Å². The average Bonchev–Trinajstić information content (AvgIpc) is 2.29. The third-order valence-corrected chi connectivity index (χ3v) is 3.07. The molecule has 0 bridgehead atoms. The van der Waals surface area contributed by atoms with E-state index >= 15 is 0 Å². The van der Waals surface area contributed by atoms with Crippen molar-refractivity contribution in [3.63, 3.8) is 0 Å². The molecule has 15 heavy (non-hydrogen) atoms. The molecular formula is C14H17N. The van der Waals surface area contributed by atoms with Gasteiger partial charge in [0.15, 0.2) is 0 Å². The normalized spacial score (nSPS) is 21.5. The molecule has 78 valence electrons. The molecule has 1 nitrogen and oxygen atoms in total. The van der Waals surface area contributed by atoms with E-state index in [2.05, 4.69) is 35.5 Å². The Labute approximate surface area is 91.9 Å². The molecule has 0 spiro atoms. The molecule has 1 aliphatic rings. The van der Waals surface area contributed by atoms with Gasteiger partial charge in [-0.05, 0) is 37.3 Å². The van der Waals surface area contributed by atoms with Gasteiger partial charge in [0.05, 0.1) is 6.04 Å². The highest BCUT2D eigenvalue weighted by molar-refractivity contribution is 5.32.